The first-order chi connectivity index (χ1) is 10.8. The van der Waals surface area contributed by atoms with Crippen LogP contribution in [0.3, 0.4) is 0 Å². The number of alkyl halides is 3. The molecule has 0 saturated carbocycles. The second-order valence-electron chi connectivity index (χ2n) is 4.63. The van der Waals surface area contributed by atoms with Crippen LogP contribution in [0, 0.1) is 0 Å². The maximum Gasteiger partial charge on any atom is 0.523 e. The van der Waals surface area contributed by atoms with Crippen LogP contribution in [-0.2, 0) is 14.3 Å². The van der Waals surface area contributed by atoms with Gasteiger partial charge in [0.2, 0.25) is 0 Å². The topological polar surface area (TPSA) is 56.3 Å². The summed E-state index contributed by atoms with van der Waals surface area (Å²) in [5.41, 5.74) is -4.25. The van der Waals surface area contributed by atoms with Crippen LogP contribution in [-0.4, -0.2) is 25.5 Å². The maximum atomic E-state index is 11.6. The largest absolute Gasteiger partial charge is 0.523 e. The SMILES string of the molecule is CCCCCOS(=O)(=O)C(F)(F)F.c1ccc2ncccc2c1. The third-order valence-electron chi connectivity index (χ3n) is 2.78. The second kappa shape index (κ2) is 8.83. The van der Waals surface area contributed by atoms with Crippen molar-refractivity contribution in [3.63, 3.8) is 0 Å². The Morgan fingerprint density at radius 2 is 1.74 bits per heavy atom. The molecular formula is C15H18F3NO3S. The molecule has 2 aromatic rings. The van der Waals surface area contributed by atoms with Crippen LogP contribution in [0.1, 0.15) is 26.2 Å². The third-order valence-corrected chi connectivity index (χ3v) is 3.83. The van der Waals surface area contributed by atoms with Crippen molar-refractivity contribution >= 4 is 21.0 Å². The number of hydrogen-bond acceptors (Lipinski definition) is 4. The van der Waals surface area contributed by atoms with E-state index in [2.05, 4.69) is 21.3 Å². The standard InChI is InChI=1S/C9H7N.C6H11F3O3S/c1-2-6-9-8(4-1)5-3-7-10-9;1-2-3-4-5-12-13(10,11)6(7,8)9/h1-7H;2-5H2,1H3. The fraction of sp³-hybridized carbons (Fsp3) is 0.400. The van der Waals surface area contributed by atoms with Crippen LogP contribution in [0.2, 0.25) is 0 Å². The molecule has 0 aliphatic heterocycles. The molecule has 0 fully saturated rings. The summed E-state index contributed by atoms with van der Waals surface area (Å²) >= 11 is 0. The minimum atomic E-state index is -5.38. The quantitative estimate of drug-likeness (QED) is 0.459. The lowest BCUT2D eigenvalue weighted by molar-refractivity contribution is -0.0542. The van der Waals surface area contributed by atoms with Gasteiger partial charge in [0.1, 0.15) is 0 Å². The number of pyridine rings is 1. The Morgan fingerprint density at radius 1 is 1.09 bits per heavy atom. The van der Waals surface area contributed by atoms with Gasteiger partial charge in [0.15, 0.2) is 0 Å². The highest BCUT2D eigenvalue weighted by molar-refractivity contribution is 7.87. The van der Waals surface area contributed by atoms with Crippen LogP contribution in [0.5, 0.6) is 0 Å². The molecular weight excluding hydrogens is 331 g/mol. The lowest BCUT2D eigenvalue weighted by Crippen LogP contribution is -2.25. The molecule has 8 heteroatoms. The molecule has 0 unspecified atom stereocenters. The first-order valence-electron chi connectivity index (χ1n) is 7.03. The van der Waals surface area contributed by atoms with E-state index in [1.165, 1.54) is 5.39 Å². The van der Waals surface area contributed by atoms with Crippen LogP contribution in [0.4, 0.5) is 13.2 Å². The lowest BCUT2D eigenvalue weighted by atomic mass is 10.2. The average molecular weight is 349 g/mol. The number of fused-ring (bicyclic) bond motifs is 1. The van der Waals surface area contributed by atoms with E-state index >= 15 is 0 Å². The van der Waals surface area contributed by atoms with Gasteiger partial charge in [-0.25, -0.2) is 0 Å². The second-order valence-corrected chi connectivity index (χ2v) is 6.23. The first kappa shape index (κ1) is 19.4. The van der Waals surface area contributed by atoms with Crippen LogP contribution < -0.4 is 0 Å². The summed E-state index contributed by atoms with van der Waals surface area (Å²) in [6, 6.07) is 12.1. The molecule has 2 rings (SSSR count). The first-order valence-corrected chi connectivity index (χ1v) is 8.44. The molecule has 0 spiro atoms. The summed E-state index contributed by atoms with van der Waals surface area (Å²) in [7, 11) is -5.38. The van der Waals surface area contributed by atoms with Crippen molar-refractivity contribution in [3.05, 3.63) is 42.6 Å². The van der Waals surface area contributed by atoms with E-state index in [4.69, 9.17) is 0 Å². The lowest BCUT2D eigenvalue weighted by Gasteiger charge is -2.07. The number of benzene rings is 1. The molecule has 0 aliphatic carbocycles. The van der Waals surface area contributed by atoms with E-state index in [0.29, 0.717) is 12.8 Å². The zero-order valence-electron chi connectivity index (χ0n) is 12.6. The van der Waals surface area contributed by atoms with Gasteiger partial charge in [0, 0.05) is 11.6 Å². The van der Waals surface area contributed by atoms with Gasteiger partial charge < -0.3 is 0 Å². The smallest absolute Gasteiger partial charge is 0.263 e. The fourth-order valence-corrected chi connectivity index (χ4v) is 2.07. The Balaban J connectivity index is 0.000000235. The number of unbranched alkanes of at least 4 members (excludes halogenated alkanes) is 2. The number of rotatable bonds is 5. The van der Waals surface area contributed by atoms with Crippen LogP contribution in [0.15, 0.2) is 42.6 Å². The molecule has 128 valence electrons. The molecule has 0 aliphatic rings. The fourth-order valence-electron chi connectivity index (χ4n) is 1.60. The number of nitrogens with zero attached hydrogens (tertiary/aromatic N) is 1. The summed E-state index contributed by atoms with van der Waals surface area (Å²) in [4.78, 5) is 4.18. The number of hydrogen-bond donors (Lipinski definition) is 0. The van der Waals surface area contributed by atoms with Gasteiger partial charge in [-0.3, -0.25) is 9.17 Å². The van der Waals surface area contributed by atoms with Gasteiger partial charge in [-0.1, -0.05) is 44.0 Å². The summed E-state index contributed by atoms with van der Waals surface area (Å²) < 4.78 is 59.2. The minimum Gasteiger partial charge on any atom is -0.263 e. The predicted octanol–water partition coefficient (Wildman–Crippen LogP) is 4.28. The van der Waals surface area contributed by atoms with Crippen molar-refractivity contribution in [1.29, 1.82) is 0 Å². The molecule has 0 amide bonds. The zero-order chi connectivity index (χ0) is 17.3. The van der Waals surface area contributed by atoms with Gasteiger partial charge in [-0.2, -0.15) is 21.6 Å². The molecule has 0 saturated heterocycles. The Hall–Kier alpha value is -1.67. The minimum absolute atomic E-state index is 0.311. The highest BCUT2D eigenvalue weighted by Crippen LogP contribution is 2.24. The normalized spacial score (nSPS) is 11.8. The van der Waals surface area contributed by atoms with Crippen molar-refractivity contribution in [2.45, 2.75) is 31.7 Å². The van der Waals surface area contributed by atoms with E-state index in [9.17, 15) is 21.6 Å². The molecule has 1 aromatic carbocycles. The van der Waals surface area contributed by atoms with E-state index in [-0.39, 0.29) is 0 Å². The van der Waals surface area contributed by atoms with Crippen molar-refractivity contribution in [1.82, 2.24) is 4.98 Å². The van der Waals surface area contributed by atoms with Crippen molar-refractivity contribution in [2.75, 3.05) is 6.61 Å². The number of para-hydroxylation sites is 1. The van der Waals surface area contributed by atoms with Gasteiger partial charge in [0.05, 0.1) is 12.1 Å². The maximum absolute atomic E-state index is 11.6. The number of aromatic nitrogens is 1. The molecule has 0 atom stereocenters. The zero-order valence-corrected chi connectivity index (χ0v) is 13.4. The summed E-state index contributed by atoms with van der Waals surface area (Å²) in [6.45, 7) is 1.44. The van der Waals surface area contributed by atoms with Crippen LogP contribution in [0.25, 0.3) is 10.9 Å². The van der Waals surface area contributed by atoms with E-state index < -0.39 is 22.2 Å². The van der Waals surface area contributed by atoms with Gasteiger partial charge in [-0.15, -0.1) is 0 Å². The van der Waals surface area contributed by atoms with E-state index in [1.807, 2.05) is 37.4 Å². The Labute approximate surface area is 133 Å². The van der Waals surface area contributed by atoms with Crippen molar-refractivity contribution in [2.24, 2.45) is 0 Å². The van der Waals surface area contributed by atoms with E-state index in [0.717, 1.165) is 11.9 Å². The van der Waals surface area contributed by atoms with Crippen molar-refractivity contribution < 1.29 is 25.8 Å². The Bertz CT molecular complexity index is 637. The molecule has 1 heterocycles. The highest BCUT2D eigenvalue weighted by Gasteiger charge is 2.47. The molecule has 0 radical (unpaired) electrons. The van der Waals surface area contributed by atoms with E-state index in [1.54, 1.807) is 0 Å². The molecule has 23 heavy (non-hydrogen) atoms. The summed E-state index contributed by atoms with van der Waals surface area (Å²) in [5.74, 6) is 0. The Morgan fingerprint density at radius 3 is 2.35 bits per heavy atom. The molecule has 1 aromatic heterocycles. The predicted molar refractivity (Wildman–Crippen MR) is 82.2 cm³/mol. The highest BCUT2D eigenvalue weighted by atomic mass is 32.2. The van der Waals surface area contributed by atoms with Gasteiger partial charge in [0.25, 0.3) is 0 Å². The van der Waals surface area contributed by atoms with Gasteiger partial charge in [-0.05, 0) is 18.6 Å². The molecule has 0 N–H and O–H groups in total. The molecule has 4 nitrogen and oxygen atoms in total. The number of halogens is 3. The third kappa shape index (κ3) is 6.54. The molecule has 0 bridgehead atoms. The summed E-state index contributed by atoms with van der Waals surface area (Å²) in [5, 5.41) is 1.20. The monoisotopic (exact) mass is 349 g/mol. The van der Waals surface area contributed by atoms with Crippen molar-refractivity contribution in [3.8, 4) is 0 Å². The van der Waals surface area contributed by atoms with Gasteiger partial charge >= 0.3 is 15.6 Å². The summed E-state index contributed by atoms with van der Waals surface area (Å²) in [6.07, 6.45) is 3.55. The average Bonchev–Trinajstić information content (AvgIpc) is 2.51. The Kier molecular flexibility index (Phi) is 7.44. The van der Waals surface area contributed by atoms with Crippen LogP contribution >= 0.6 is 0 Å².